The number of ether oxygens (including phenoxy) is 1. The predicted octanol–water partition coefficient (Wildman–Crippen LogP) is -1.29. The molecule has 1 spiro atoms. The van der Waals surface area contributed by atoms with Crippen LogP contribution < -0.4 is 26.8 Å². The maximum Gasteiger partial charge on any atom is 0.255 e. The van der Waals surface area contributed by atoms with Crippen LogP contribution in [0.25, 0.3) is 0 Å². The van der Waals surface area contributed by atoms with Crippen molar-refractivity contribution in [2.45, 2.75) is 49.3 Å². The Hall–Kier alpha value is -4.69. The van der Waals surface area contributed by atoms with E-state index in [1.54, 1.807) is 30.3 Å². The maximum absolute atomic E-state index is 13.5. The molecule has 0 bridgehead atoms. The van der Waals surface area contributed by atoms with Crippen LogP contribution in [0, 0.1) is 6.92 Å². The number of nitrogens with one attached hydrogen (secondary N) is 2. The minimum absolute atomic E-state index is 0.0867. The molecular weight excluding hydrogens is 532 g/mol. The van der Waals surface area contributed by atoms with Crippen molar-refractivity contribution < 1.29 is 29.3 Å². The number of guanidine groups is 2. The van der Waals surface area contributed by atoms with Gasteiger partial charge in [0.1, 0.15) is 23.6 Å². The zero-order valence-corrected chi connectivity index (χ0v) is 22.2. The van der Waals surface area contributed by atoms with Gasteiger partial charge in [0, 0.05) is 19.4 Å². The van der Waals surface area contributed by atoms with Crippen molar-refractivity contribution in [3.63, 3.8) is 0 Å². The zero-order valence-electron chi connectivity index (χ0n) is 22.2. The predicted molar refractivity (Wildman–Crippen MR) is 145 cm³/mol. The molecule has 41 heavy (non-hydrogen) atoms. The van der Waals surface area contributed by atoms with Gasteiger partial charge in [-0.3, -0.25) is 19.3 Å². The Labute approximate surface area is 234 Å². The molecule has 2 aromatic rings. The van der Waals surface area contributed by atoms with E-state index in [1.165, 1.54) is 4.90 Å². The summed E-state index contributed by atoms with van der Waals surface area (Å²) in [5.41, 5.74) is 11.5. The number of rotatable bonds is 6. The molecule has 14 nitrogen and oxygen atoms in total. The topological polar surface area (TPSA) is 208 Å². The number of nitrogens with two attached hydrogens (primary N) is 2. The second kappa shape index (κ2) is 9.45. The van der Waals surface area contributed by atoms with E-state index in [1.807, 2.05) is 25.1 Å². The van der Waals surface area contributed by atoms with Crippen molar-refractivity contribution in [2.75, 3.05) is 13.1 Å². The van der Waals surface area contributed by atoms with Gasteiger partial charge in [-0.05, 0) is 30.7 Å². The van der Waals surface area contributed by atoms with Gasteiger partial charge in [-0.25, -0.2) is 9.98 Å². The van der Waals surface area contributed by atoms with Crippen molar-refractivity contribution in [3.05, 3.63) is 59.7 Å². The molecule has 4 atom stereocenters. The quantitative estimate of drug-likeness (QED) is 0.181. The van der Waals surface area contributed by atoms with Crippen LogP contribution in [0.3, 0.4) is 0 Å². The Morgan fingerprint density at radius 1 is 1.07 bits per heavy atom. The minimum Gasteiger partial charge on any atom is -0.456 e. The summed E-state index contributed by atoms with van der Waals surface area (Å²) < 4.78 is 6.02. The van der Waals surface area contributed by atoms with Crippen molar-refractivity contribution in [1.82, 2.24) is 20.4 Å². The number of aliphatic hydroxyl groups is 2. The van der Waals surface area contributed by atoms with Crippen LogP contribution in [0.5, 0.6) is 11.5 Å². The molecule has 6 rings (SSSR count). The normalized spacial score (nSPS) is 28.0. The Bertz CT molecular complexity index is 1490. The van der Waals surface area contributed by atoms with Gasteiger partial charge in [0.2, 0.25) is 17.6 Å². The first-order valence-corrected chi connectivity index (χ1v) is 13.2. The summed E-state index contributed by atoms with van der Waals surface area (Å²) in [4.78, 5) is 49.4. The lowest BCUT2D eigenvalue weighted by Gasteiger charge is -2.49. The van der Waals surface area contributed by atoms with Crippen molar-refractivity contribution >= 4 is 29.6 Å². The molecule has 4 aliphatic heterocycles. The second-order valence-corrected chi connectivity index (χ2v) is 10.5. The third-order valence-corrected chi connectivity index (χ3v) is 8.08. The summed E-state index contributed by atoms with van der Waals surface area (Å²) in [6, 6.07) is 10.7. The highest BCUT2D eigenvalue weighted by Gasteiger charge is 2.73. The fraction of sp³-hybridized carbons (Fsp3) is 0.370. The molecule has 2 fully saturated rings. The SMILES string of the molecule is Cc1ccccc1Oc1ccccc1C(=O)N[C@H]1CN2C(N)=N[C@@H](CN3C(=O)CCC3=O)C3N=C(N)NC32C1(O)O. The molecule has 214 valence electrons. The van der Waals surface area contributed by atoms with E-state index in [0.29, 0.717) is 5.75 Å². The number of benzene rings is 2. The number of likely N-dealkylation sites (tertiary alicyclic amines) is 1. The average Bonchev–Trinajstić information content (AvgIpc) is 3.53. The van der Waals surface area contributed by atoms with Crippen molar-refractivity contribution in [2.24, 2.45) is 21.5 Å². The van der Waals surface area contributed by atoms with Crippen LogP contribution in [0.1, 0.15) is 28.8 Å². The zero-order chi connectivity index (χ0) is 29.1. The second-order valence-electron chi connectivity index (χ2n) is 10.5. The minimum atomic E-state index is -2.68. The van der Waals surface area contributed by atoms with E-state index in [4.69, 9.17) is 16.2 Å². The maximum atomic E-state index is 13.5. The molecule has 2 saturated heterocycles. The average molecular weight is 563 g/mol. The summed E-state index contributed by atoms with van der Waals surface area (Å²) >= 11 is 0. The van der Waals surface area contributed by atoms with Gasteiger partial charge in [-0.2, -0.15) is 0 Å². The number of para-hydroxylation sites is 2. The van der Waals surface area contributed by atoms with Crippen molar-refractivity contribution in [3.8, 4) is 11.5 Å². The lowest BCUT2D eigenvalue weighted by molar-refractivity contribution is -0.230. The summed E-state index contributed by atoms with van der Waals surface area (Å²) in [6.45, 7) is 1.56. The van der Waals surface area contributed by atoms with Crippen LogP contribution >= 0.6 is 0 Å². The first-order valence-electron chi connectivity index (χ1n) is 13.2. The van der Waals surface area contributed by atoms with Gasteiger partial charge in [-0.1, -0.05) is 30.3 Å². The van der Waals surface area contributed by atoms with Gasteiger partial charge >= 0.3 is 0 Å². The Morgan fingerprint density at radius 3 is 2.44 bits per heavy atom. The first kappa shape index (κ1) is 26.5. The lowest BCUT2D eigenvalue weighted by Crippen LogP contribution is -2.78. The summed E-state index contributed by atoms with van der Waals surface area (Å²) in [6.07, 6.45) is 0.173. The molecule has 8 N–H and O–H groups in total. The number of carbonyl (C=O) groups is 3. The molecule has 4 aliphatic rings. The van der Waals surface area contributed by atoms with Crippen LogP contribution in [-0.2, 0) is 9.59 Å². The van der Waals surface area contributed by atoms with Gasteiger partial charge < -0.3 is 42.0 Å². The van der Waals surface area contributed by atoms with E-state index in [9.17, 15) is 24.6 Å². The number of aryl methyl sites for hydroxylation is 1. The van der Waals surface area contributed by atoms with E-state index < -0.39 is 35.5 Å². The molecule has 4 heterocycles. The number of amides is 3. The van der Waals surface area contributed by atoms with Crippen LogP contribution in [0.2, 0.25) is 0 Å². The largest absolute Gasteiger partial charge is 0.456 e. The molecule has 3 amide bonds. The highest BCUT2D eigenvalue weighted by molar-refractivity contribution is 6.02. The van der Waals surface area contributed by atoms with E-state index in [-0.39, 0.29) is 61.0 Å². The molecule has 0 aliphatic carbocycles. The first-order chi connectivity index (χ1) is 19.5. The molecule has 2 unspecified atom stereocenters. The summed E-state index contributed by atoms with van der Waals surface area (Å²) in [5.74, 6) is -3.36. The van der Waals surface area contributed by atoms with Gasteiger partial charge in [0.25, 0.3) is 5.91 Å². The Morgan fingerprint density at radius 2 is 1.73 bits per heavy atom. The molecular formula is C27H30N8O6. The molecule has 0 saturated carbocycles. The fourth-order valence-corrected chi connectivity index (χ4v) is 6.02. The number of carbonyl (C=O) groups excluding carboxylic acids is 3. The highest BCUT2D eigenvalue weighted by Crippen LogP contribution is 2.45. The van der Waals surface area contributed by atoms with Gasteiger partial charge in [0.05, 0.1) is 18.2 Å². The summed E-state index contributed by atoms with van der Waals surface area (Å²) in [5, 5.41) is 28.9. The smallest absolute Gasteiger partial charge is 0.255 e. The third kappa shape index (κ3) is 4.05. The third-order valence-electron chi connectivity index (χ3n) is 8.08. The molecule has 0 aromatic heterocycles. The van der Waals surface area contributed by atoms with E-state index in [0.717, 1.165) is 10.5 Å². The van der Waals surface area contributed by atoms with Crippen LogP contribution in [0.15, 0.2) is 58.5 Å². The van der Waals surface area contributed by atoms with Gasteiger partial charge in [0.15, 0.2) is 17.6 Å². The van der Waals surface area contributed by atoms with Crippen molar-refractivity contribution in [1.29, 1.82) is 0 Å². The molecule has 14 heteroatoms. The van der Waals surface area contributed by atoms with E-state index >= 15 is 0 Å². The lowest BCUT2D eigenvalue weighted by atomic mass is 9.84. The molecule has 0 radical (unpaired) electrons. The highest BCUT2D eigenvalue weighted by atomic mass is 16.5. The Kier molecular flexibility index (Phi) is 6.12. The van der Waals surface area contributed by atoms with Crippen LogP contribution in [-0.4, -0.2) is 92.3 Å². The van der Waals surface area contributed by atoms with Gasteiger partial charge in [-0.15, -0.1) is 0 Å². The van der Waals surface area contributed by atoms with E-state index in [2.05, 4.69) is 20.6 Å². The standard InChI is InChI=1S/C27H30N8O6/c1-14-6-2-4-8-17(14)41-18-9-5-3-7-15(18)23(38)31-19-13-35-25(29)30-16(12-34-20(36)10-11-21(34)37)22-26(35,27(19,39)40)33-24(28)32-22/h2-9,16,19,22,39-40H,10-13H2,1H3,(H2,29,30)(H,31,38)(H3,28,32,33)/t16-,19-,22?,26?/m0/s1. The van der Waals surface area contributed by atoms with Crippen LogP contribution in [0.4, 0.5) is 0 Å². The number of hydrogen-bond donors (Lipinski definition) is 6. The number of nitrogens with zero attached hydrogens (tertiary/aromatic N) is 4. The monoisotopic (exact) mass is 562 g/mol. The number of hydrogen-bond acceptors (Lipinski definition) is 12. The Balaban J connectivity index is 1.29. The summed E-state index contributed by atoms with van der Waals surface area (Å²) in [7, 11) is 0. The fourth-order valence-electron chi connectivity index (χ4n) is 6.02. The number of aliphatic imine (C=N–C) groups is 2. The number of imide groups is 1. The molecule has 2 aromatic carbocycles.